The van der Waals surface area contributed by atoms with Gasteiger partial charge in [0.2, 0.25) is 5.82 Å². The van der Waals surface area contributed by atoms with Gasteiger partial charge in [0.15, 0.2) is 23.3 Å². The van der Waals surface area contributed by atoms with Crippen molar-refractivity contribution in [1.29, 1.82) is 0 Å². The van der Waals surface area contributed by atoms with E-state index in [9.17, 15) is 22.0 Å². The number of benzene rings is 1. The summed E-state index contributed by atoms with van der Waals surface area (Å²) in [7, 11) is 0. The van der Waals surface area contributed by atoms with Crippen molar-refractivity contribution in [3.05, 3.63) is 34.6 Å². The van der Waals surface area contributed by atoms with Gasteiger partial charge in [0.1, 0.15) is 0 Å². The zero-order valence-corrected chi connectivity index (χ0v) is 18.3. The molecule has 0 radical (unpaired) electrons. The maximum Gasteiger partial charge on any atom is 0.200 e. The van der Waals surface area contributed by atoms with Gasteiger partial charge in [0.25, 0.3) is 0 Å². The van der Waals surface area contributed by atoms with E-state index in [0.717, 1.165) is 25.7 Å². The van der Waals surface area contributed by atoms with Crippen LogP contribution in [0.5, 0.6) is 0 Å². The molecule has 0 spiro atoms. The summed E-state index contributed by atoms with van der Waals surface area (Å²) in [5, 5.41) is 0. The SMILES string of the molecule is CCCCCCCCC(CC(C)c1c(F)c(F)c(F)c(F)c1F)C(C)(C)OCC. The van der Waals surface area contributed by atoms with Crippen molar-refractivity contribution in [3.63, 3.8) is 0 Å². The van der Waals surface area contributed by atoms with E-state index in [1.165, 1.54) is 26.2 Å². The zero-order valence-electron chi connectivity index (χ0n) is 18.3. The van der Waals surface area contributed by atoms with E-state index in [2.05, 4.69) is 6.92 Å². The summed E-state index contributed by atoms with van der Waals surface area (Å²) in [4.78, 5) is 0. The summed E-state index contributed by atoms with van der Waals surface area (Å²) in [5.41, 5.74) is -1.29. The number of ether oxygens (including phenoxy) is 1. The second-order valence-electron chi connectivity index (χ2n) is 8.41. The van der Waals surface area contributed by atoms with Crippen molar-refractivity contribution in [3.8, 4) is 0 Å². The van der Waals surface area contributed by atoms with Crippen LogP contribution >= 0.6 is 0 Å². The number of hydrogen-bond donors (Lipinski definition) is 0. The van der Waals surface area contributed by atoms with Gasteiger partial charge >= 0.3 is 0 Å². The third-order valence-corrected chi connectivity index (χ3v) is 5.78. The highest BCUT2D eigenvalue weighted by atomic mass is 19.2. The molecule has 2 atom stereocenters. The summed E-state index contributed by atoms with van der Waals surface area (Å²) < 4.78 is 74.9. The zero-order chi connectivity index (χ0) is 22.2. The van der Waals surface area contributed by atoms with Crippen LogP contribution in [0.4, 0.5) is 22.0 Å². The second kappa shape index (κ2) is 11.9. The fourth-order valence-corrected chi connectivity index (χ4v) is 4.01. The van der Waals surface area contributed by atoms with E-state index >= 15 is 0 Å². The normalized spacial score (nSPS) is 14.3. The molecule has 1 nitrogen and oxygen atoms in total. The lowest BCUT2D eigenvalue weighted by Crippen LogP contribution is -2.35. The second-order valence-corrected chi connectivity index (χ2v) is 8.41. The van der Waals surface area contributed by atoms with Crippen LogP contribution in [0.15, 0.2) is 0 Å². The molecule has 29 heavy (non-hydrogen) atoms. The molecule has 0 aliphatic heterocycles. The van der Waals surface area contributed by atoms with Crippen LogP contribution in [-0.4, -0.2) is 12.2 Å². The van der Waals surface area contributed by atoms with Gasteiger partial charge < -0.3 is 4.74 Å². The molecule has 0 saturated carbocycles. The lowest BCUT2D eigenvalue weighted by Gasteiger charge is -2.36. The van der Waals surface area contributed by atoms with Crippen molar-refractivity contribution in [2.24, 2.45) is 5.92 Å². The number of halogens is 5. The Labute approximate surface area is 172 Å². The minimum atomic E-state index is -2.12. The molecule has 0 aliphatic rings. The molecule has 0 N–H and O–H groups in total. The fraction of sp³-hybridized carbons (Fsp3) is 0.739. The van der Waals surface area contributed by atoms with Crippen molar-refractivity contribution in [2.75, 3.05) is 6.61 Å². The van der Waals surface area contributed by atoms with Crippen molar-refractivity contribution in [1.82, 2.24) is 0 Å². The van der Waals surface area contributed by atoms with Gasteiger partial charge in [-0.2, -0.15) is 0 Å². The van der Waals surface area contributed by atoms with Gasteiger partial charge in [0.05, 0.1) is 5.60 Å². The van der Waals surface area contributed by atoms with E-state index < -0.39 is 46.2 Å². The van der Waals surface area contributed by atoms with E-state index in [4.69, 9.17) is 4.74 Å². The Morgan fingerprint density at radius 3 is 1.76 bits per heavy atom. The molecule has 0 aromatic heterocycles. The lowest BCUT2D eigenvalue weighted by atomic mass is 9.78. The van der Waals surface area contributed by atoms with E-state index in [1.807, 2.05) is 20.8 Å². The van der Waals surface area contributed by atoms with Crippen LogP contribution in [0.25, 0.3) is 0 Å². The Morgan fingerprint density at radius 1 is 0.759 bits per heavy atom. The quantitative estimate of drug-likeness (QED) is 0.135. The Morgan fingerprint density at radius 2 is 1.24 bits per heavy atom. The predicted molar refractivity (Wildman–Crippen MR) is 106 cm³/mol. The smallest absolute Gasteiger partial charge is 0.200 e. The minimum absolute atomic E-state index is 0.0707. The van der Waals surface area contributed by atoms with Crippen LogP contribution < -0.4 is 0 Å². The van der Waals surface area contributed by atoms with Crippen molar-refractivity contribution in [2.45, 2.75) is 97.5 Å². The number of rotatable bonds is 13. The standard InChI is InChI=1S/C23H35F5O/c1-6-8-9-10-11-12-13-16(23(4,5)29-7-2)14-15(3)17-18(24)20(26)22(28)21(27)19(17)25/h15-16H,6-14H2,1-5H3. The van der Waals surface area contributed by atoms with Gasteiger partial charge in [-0.3, -0.25) is 0 Å². The Hall–Kier alpha value is -1.17. The van der Waals surface area contributed by atoms with Gasteiger partial charge in [-0.25, -0.2) is 22.0 Å². The highest BCUT2D eigenvalue weighted by molar-refractivity contribution is 5.27. The van der Waals surface area contributed by atoms with E-state index in [1.54, 1.807) is 0 Å². The highest BCUT2D eigenvalue weighted by Crippen LogP contribution is 2.38. The maximum absolute atomic E-state index is 14.2. The van der Waals surface area contributed by atoms with Crippen LogP contribution in [0, 0.1) is 35.0 Å². The van der Waals surface area contributed by atoms with Crippen LogP contribution in [0.2, 0.25) is 0 Å². The molecule has 0 amide bonds. The van der Waals surface area contributed by atoms with Crippen molar-refractivity contribution >= 4 is 0 Å². The minimum Gasteiger partial charge on any atom is -0.376 e. The topological polar surface area (TPSA) is 9.23 Å². The average molecular weight is 423 g/mol. The Bertz CT molecular complexity index is 616. The molecule has 0 aliphatic carbocycles. The number of hydrogen-bond acceptors (Lipinski definition) is 1. The van der Waals surface area contributed by atoms with Gasteiger partial charge in [0, 0.05) is 12.2 Å². The van der Waals surface area contributed by atoms with Crippen molar-refractivity contribution < 1.29 is 26.7 Å². The van der Waals surface area contributed by atoms with Crippen LogP contribution in [0.1, 0.15) is 97.5 Å². The molecule has 2 unspecified atom stereocenters. The molecular weight excluding hydrogens is 387 g/mol. The Kier molecular flexibility index (Phi) is 10.6. The van der Waals surface area contributed by atoms with Gasteiger partial charge in [-0.15, -0.1) is 0 Å². The summed E-state index contributed by atoms with van der Waals surface area (Å²) >= 11 is 0. The third kappa shape index (κ3) is 6.94. The molecule has 1 rings (SSSR count). The molecule has 1 aromatic rings. The van der Waals surface area contributed by atoms with Crippen LogP contribution in [0.3, 0.4) is 0 Å². The highest BCUT2D eigenvalue weighted by Gasteiger charge is 2.34. The monoisotopic (exact) mass is 422 g/mol. The first kappa shape index (κ1) is 25.9. The third-order valence-electron chi connectivity index (χ3n) is 5.78. The summed E-state index contributed by atoms with van der Waals surface area (Å²) in [6, 6.07) is 0. The molecular formula is C23H35F5O. The first-order valence-electron chi connectivity index (χ1n) is 10.7. The summed E-state index contributed by atoms with van der Waals surface area (Å²) in [5.74, 6) is -10.3. The molecule has 0 bridgehead atoms. The van der Waals surface area contributed by atoms with E-state index in [-0.39, 0.29) is 12.3 Å². The Balaban J connectivity index is 2.98. The first-order valence-corrected chi connectivity index (χ1v) is 10.7. The molecule has 0 fully saturated rings. The predicted octanol–water partition coefficient (Wildman–Crippen LogP) is 8.06. The lowest BCUT2D eigenvalue weighted by molar-refractivity contribution is -0.0615. The van der Waals surface area contributed by atoms with E-state index in [0.29, 0.717) is 6.61 Å². The first-order chi connectivity index (χ1) is 13.6. The summed E-state index contributed by atoms with van der Waals surface area (Å²) in [6.07, 6.45) is 7.72. The summed E-state index contributed by atoms with van der Waals surface area (Å²) in [6.45, 7) is 9.86. The fourth-order valence-electron chi connectivity index (χ4n) is 4.01. The molecule has 168 valence electrons. The van der Waals surface area contributed by atoms with Gasteiger partial charge in [-0.1, -0.05) is 52.4 Å². The molecule has 0 saturated heterocycles. The van der Waals surface area contributed by atoms with Gasteiger partial charge in [-0.05, 0) is 45.4 Å². The maximum atomic E-state index is 14.2. The average Bonchev–Trinajstić information content (AvgIpc) is 2.66. The molecule has 6 heteroatoms. The molecule has 1 aromatic carbocycles. The van der Waals surface area contributed by atoms with Crippen LogP contribution in [-0.2, 0) is 4.74 Å². The number of unbranched alkanes of at least 4 members (excludes halogenated alkanes) is 5. The largest absolute Gasteiger partial charge is 0.376 e. The molecule has 0 heterocycles.